The monoisotopic (exact) mass is 316 g/mol. The van der Waals surface area contributed by atoms with Gasteiger partial charge in [-0.2, -0.15) is 13.2 Å². The molecule has 0 saturated carbocycles. The molecule has 2 aromatic rings. The maximum absolute atomic E-state index is 12.8. The number of rotatable bonds is 2. The van der Waals surface area contributed by atoms with E-state index in [0.29, 0.717) is 0 Å². The predicted molar refractivity (Wildman–Crippen MR) is 71.5 cm³/mol. The van der Waals surface area contributed by atoms with E-state index in [1.165, 1.54) is 12.1 Å². The molecule has 1 amide bonds. The maximum atomic E-state index is 12.8. The smallest absolute Gasteiger partial charge is 0.327 e. The van der Waals surface area contributed by atoms with Gasteiger partial charge in [-0.1, -0.05) is 23.7 Å². The molecule has 0 saturated heterocycles. The van der Waals surface area contributed by atoms with E-state index in [1.54, 1.807) is 0 Å². The van der Waals surface area contributed by atoms with Gasteiger partial charge in [-0.3, -0.25) is 9.59 Å². The molecule has 0 aliphatic heterocycles. The summed E-state index contributed by atoms with van der Waals surface area (Å²) < 4.78 is 38.4. The van der Waals surface area contributed by atoms with Crippen LogP contribution in [-0.4, -0.2) is 10.9 Å². The van der Waals surface area contributed by atoms with Gasteiger partial charge in [-0.05, 0) is 18.2 Å². The third kappa shape index (κ3) is 3.43. The van der Waals surface area contributed by atoms with Gasteiger partial charge in [-0.25, -0.2) is 0 Å². The Bertz CT molecular complexity index is 741. The van der Waals surface area contributed by atoms with Crippen molar-refractivity contribution in [1.82, 2.24) is 4.98 Å². The van der Waals surface area contributed by atoms with Crippen molar-refractivity contribution in [2.45, 2.75) is 6.18 Å². The van der Waals surface area contributed by atoms with E-state index in [9.17, 15) is 22.8 Å². The first-order valence-corrected chi connectivity index (χ1v) is 6.02. The molecule has 0 spiro atoms. The third-order valence-corrected chi connectivity index (χ3v) is 2.88. The van der Waals surface area contributed by atoms with Gasteiger partial charge >= 0.3 is 6.18 Å². The molecule has 8 heteroatoms. The Labute approximate surface area is 121 Å². The van der Waals surface area contributed by atoms with Crippen LogP contribution in [-0.2, 0) is 6.18 Å². The molecule has 0 radical (unpaired) electrons. The lowest BCUT2D eigenvalue weighted by molar-refractivity contribution is -0.136. The van der Waals surface area contributed by atoms with E-state index in [0.717, 1.165) is 24.4 Å². The number of aromatic nitrogens is 1. The summed E-state index contributed by atoms with van der Waals surface area (Å²) in [6.07, 6.45) is -3.52. The summed E-state index contributed by atoms with van der Waals surface area (Å²) >= 11 is 5.56. The second kappa shape index (κ2) is 5.61. The van der Waals surface area contributed by atoms with Crippen LogP contribution in [0.5, 0.6) is 0 Å². The molecule has 0 unspecified atom stereocenters. The van der Waals surface area contributed by atoms with Gasteiger partial charge in [0, 0.05) is 6.20 Å². The summed E-state index contributed by atoms with van der Waals surface area (Å²) in [5, 5.41) is 1.91. The van der Waals surface area contributed by atoms with Crippen molar-refractivity contribution in [3.05, 3.63) is 63.0 Å². The molecule has 0 atom stereocenters. The minimum absolute atomic E-state index is 0.0587. The highest BCUT2D eigenvalue weighted by Crippen LogP contribution is 2.34. The highest BCUT2D eigenvalue weighted by atomic mass is 35.5. The average Bonchev–Trinajstić information content (AvgIpc) is 2.41. The molecular formula is C13H8ClF3N2O2. The Hall–Kier alpha value is -2.28. The first-order chi connectivity index (χ1) is 9.79. The predicted octanol–water partition coefficient (Wildman–Crippen LogP) is 3.30. The number of anilines is 1. The van der Waals surface area contributed by atoms with E-state index < -0.39 is 23.2 Å². The lowest BCUT2D eigenvalue weighted by Gasteiger charge is -2.13. The quantitative estimate of drug-likeness (QED) is 0.893. The molecule has 21 heavy (non-hydrogen) atoms. The zero-order valence-electron chi connectivity index (χ0n) is 10.3. The topological polar surface area (TPSA) is 62.0 Å². The molecule has 4 nitrogen and oxygen atoms in total. The summed E-state index contributed by atoms with van der Waals surface area (Å²) in [7, 11) is 0. The second-order valence-corrected chi connectivity index (χ2v) is 4.47. The van der Waals surface area contributed by atoms with Gasteiger partial charge in [0.1, 0.15) is 5.02 Å². The number of carbonyl (C=O) groups is 1. The van der Waals surface area contributed by atoms with Crippen LogP contribution in [0.15, 0.2) is 41.3 Å². The first-order valence-electron chi connectivity index (χ1n) is 5.65. The van der Waals surface area contributed by atoms with Gasteiger partial charge in [0.15, 0.2) is 0 Å². The zero-order valence-corrected chi connectivity index (χ0v) is 11.0. The fourth-order valence-corrected chi connectivity index (χ4v) is 1.79. The number of alkyl halides is 3. The largest absolute Gasteiger partial charge is 0.418 e. The van der Waals surface area contributed by atoms with E-state index in [4.69, 9.17) is 11.6 Å². The van der Waals surface area contributed by atoms with Crippen LogP contribution in [0, 0.1) is 0 Å². The number of hydrogen-bond donors (Lipinski definition) is 2. The molecule has 0 bridgehead atoms. The maximum Gasteiger partial charge on any atom is 0.418 e. The Morgan fingerprint density at radius 1 is 1.24 bits per heavy atom. The number of aromatic amines is 1. The highest BCUT2D eigenvalue weighted by molar-refractivity contribution is 6.30. The average molecular weight is 317 g/mol. The van der Waals surface area contributed by atoms with Crippen molar-refractivity contribution in [1.29, 1.82) is 0 Å². The van der Waals surface area contributed by atoms with Crippen molar-refractivity contribution in [2.24, 2.45) is 0 Å². The summed E-state index contributed by atoms with van der Waals surface area (Å²) in [4.78, 5) is 25.2. The SMILES string of the molecule is O=C(Nc1ccccc1C(F)(F)F)c1c[nH]c(=O)c(Cl)c1. The van der Waals surface area contributed by atoms with E-state index in [-0.39, 0.29) is 16.3 Å². The number of carbonyl (C=O) groups excluding carboxylic acids is 1. The fraction of sp³-hybridized carbons (Fsp3) is 0.0769. The Balaban J connectivity index is 2.32. The molecule has 1 heterocycles. The van der Waals surface area contributed by atoms with Crippen LogP contribution in [0.3, 0.4) is 0 Å². The van der Waals surface area contributed by atoms with Crippen LogP contribution in [0.1, 0.15) is 15.9 Å². The van der Waals surface area contributed by atoms with Gasteiger partial charge in [-0.15, -0.1) is 0 Å². The molecule has 0 fully saturated rings. The van der Waals surface area contributed by atoms with Crippen molar-refractivity contribution < 1.29 is 18.0 Å². The van der Waals surface area contributed by atoms with Crippen LogP contribution in [0.25, 0.3) is 0 Å². The molecule has 0 aliphatic rings. The number of nitrogens with one attached hydrogen (secondary N) is 2. The van der Waals surface area contributed by atoms with Gasteiger partial charge in [0.25, 0.3) is 11.5 Å². The van der Waals surface area contributed by atoms with Gasteiger partial charge in [0.05, 0.1) is 16.8 Å². The number of benzene rings is 1. The number of hydrogen-bond acceptors (Lipinski definition) is 2. The van der Waals surface area contributed by atoms with Crippen LogP contribution < -0.4 is 10.9 Å². The van der Waals surface area contributed by atoms with E-state index >= 15 is 0 Å². The number of para-hydroxylation sites is 1. The summed E-state index contributed by atoms with van der Waals surface area (Å²) in [6, 6.07) is 5.65. The number of halogens is 4. The minimum atomic E-state index is -4.59. The molecule has 110 valence electrons. The highest BCUT2D eigenvalue weighted by Gasteiger charge is 2.33. The lowest BCUT2D eigenvalue weighted by Crippen LogP contribution is -2.18. The van der Waals surface area contributed by atoms with E-state index in [2.05, 4.69) is 10.3 Å². The number of amides is 1. The molecular weight excluding hydrogens is 309 g/mol. The van der Waals surface area contributed by atoms with Crippen molar-refractivity contribution in [3.8, 4) is 0 Å². The molecule has 2 rings (SSSR count). The first kappa shape index (κ1) is 15.1. The summed E-state index contributed by atoms with van der Waals surface area (Å²) in [5.74, 6) is -0.815. The third-order valence-electron chi connectivity index (χ3n) is 2.60. The molecule has 1 aromatic carbocycles. The summed E-state index contributed by atoms with van der Waals surface area (Å²) in [6.45, 7) is 0. The van der Waals surface area contributed by atoms with Crippen molar-refractivity contribution in [2.75, 3.05) is 5.32 Å². The molecule has 0 aliphatic carbocycles. The zero-order chi connectivity index (χ0) is 15.6. The van der Waals surface area contributed by atoms with Gasteiger partial charge < -0.3 is 10.3 Å². The normalized spacial score (nSPS) is 11.2. The second-order valence-electron chi connectivity index (χ2n) is 4.06. The molecule has 1 aromatic heterocycles. The number of H-pyrrole nitrogens is 1. The summed E-state index contributed by atoms with van der Waals surface area (Å²) in [5.41, 5.74) is -1.99. The van der Waals surface area contributed by atoms with Crippen molar-refractivity contribution in [3.63, 3.8) is 0 Å². The van der Waals surface area contributed by atoms with E-state index in [1.807, 2.05) is 0 Å². The fourth-order valence-electron chi connectivity index (χ4n) is 1.62. The van der Waals surface area contributed by atoms with Gasteiger partial charge in [0.2, 0.25) is 0 Å². The Kier molecular flexibility index (Phi) is 4.04. The number of pyridine rings is 1. The standard InChI is InChI=1S/C13H8ClF3N2O2/c14-9-5-7(6-18-12(9)21)11(20)19-10-4-2-1-3-8(10)13(15,16)17/h1-6H,(H,18,21)(H,19,20). The minimum Gasteiger partial charge on any atom is -0.327 e. The molecule has 2 N–H and O–H groups in total. The van der Waals surface area contributed by atoms with Crippen LogP contribution in [0.2, 0.25) is 5.02 Å². The van der Waals surface area contributed by atoms with Crippen LogP contribution in [0.4, 0.5) is 18.9 Å². The Morgan fingerprint density at radius 3 is 2.52 bits per heavy atom. The van der Waals surface area contributed by atoms with Crippen molar-refractivity contribution >= 4 is 23.2 Å². The van der Waals surface area contributed by atoms with Crippen LogP contribution >= 0.6 is 11.6 Å². The Morgan fingerprint density at radius 2 is 1.90 bits per heavy atom. The lowest BCUT2D eigenvalue weighted by atomic mass is 10.1.